The molecule has 1 atom stereocenters. The summed E-state index contributed by atoms with van der Waals surface area (Å²) < 4.78 is 5.30. The first kappa shape index (κ1) is 15.7. The van der Waals surface area contributed by atoms with Crippen LogP contribution < -0.4 is 0 Å². The number of benzene rings is 1. The van der Waals surface area contributed by atoms with Crippen LogP contribution in [0, 0.1) is 0 Å². The lowest BCUT2D eigenvalue weighted by atomic mass is 10.2. The Bertz CT molecular complexity index is 539. The van der Waals surface area contributed by atoms with Crippen molar-refractivity contribution in [1.29, 1.82) is 0 Å². The minimum absolute atomic E-state index is 0.0706. The van der Waals surface area contributed by atoms with Crippen molar-refractivity contribution < 1.29 is 9.21 Å². The van der Waals surface area contributed by atoms with E-state index in [0.717, 1.165) is 23.6 Å². The molecule has 1 heterocycles. The van der Waals surface area contributed by atoms with Gasteiger partial charge < -0.3 is 9.32 Å². The summed E-state index contributed by atoms with van der Waals surface area (Å²) in [6.45, 7) is 5.37. The molecule has 1 amide bonds. The quantitative estimate of drug-likeness (QED) is 0.776. The van der Waals surface area contributed by atoms with Crippen molar-refractivity contribution in [2.24, 2.45) is 0 Å². The predicted molar refractivity (Wildman–Crippen MR) is 87.0 cm³/mol. The molecule has 112 valence electrons. The summed E-state index contributed by atoms with van der Waals surface area (Å²) in [5.41, 5.74) is 1.16. The van der Waals surface area contributed by atoms with Gasteiger partial charge in [0.15, 0.2) is 0 Å². The first-order valence-electron chi connectivity index (χ1n) is 7.17. The fraction of sp³-hybridized carbons (Fsp3) is 0.353. The van der Waals surface area contributed by atoms with Gasteiger partial charge in [-0.25, -0.2) is 0 Å². The number of hydrogen-bond acceptors (Lipinski definition) is 3. The van der Waals surface area contributed by atoms with Crippen LogP contribution in [0.25, 0.3) is 0 Å². The zero-order chi connectivity index (χ0) is 15.1. The molecule has 2 aromatic rings. The molecule has 4 heteroatoms. The van der Waals surface area contributed by atoms with Crippen molar-refractivity contribution in [3.05, 3.63) is 60.1 Å². The van der Waals surface area contributed by atoms with Crippen molar-refractivity contribution in [3.8, 4) is 0 Å². The highest BCUT2D eigenvalue weighted by Gasteiger charge is 2.20. The average molecular weight is 303 g/mol. The van der Waals surface area contributed by atoms with Crippen LogP contribution in [0.4, 0.5) is 0 Å². The van der Waals surface area contributed by atoms with Gasteiger partial charge in [0.1, 0.15) is 5.76 Å². The van der Waals surface area contributed by atoms with Crippen LogP contribution in [0.1, 0.15) is 25.2 Å². The van der Waals surface area contributed by atoms with Crippen LogP contribution in [-0.2, 0) is 17.1 Å². The molecule has 1 unspecified atom stereocenters. The number of carbonyl (C=O) groups excluding carboxylic acids is 1. The Balaban J connectivity index is 1.89. The molecule has 0 saturated heterocycles. The minimum atomic E-state index is -0.0706. The van der Waals surface area contributed by atoms with Crippen LogP contribution in [-0.4, -0.2) is 22.6 Å². The zero-order valence-electron chi connectivity index (χ0n) is 12.5. The lowest BCUT2D eigenvalue weighted by Gasteiger charge is -2.24. The molecule has 0 N–H and O–H groups in total. The summed E-state index contributed by atoms with van der Waals surface area (Å²) >= 11 is 1.61. The largest absolute Gasteiger partial charge is 0.468 e. The molecule has 3 nitrogen and oxygen atoms in total. The molecule has 1 aromatic heterocycles. The van der Waals surface area contributed by atoms with Crippen LogP contribution in [0.15, 0.2) is 53.1 Å². The molecule has 0 aliphatic heterocycles. The molecule has 0 aliphatic carbocycles. The van der Waals surface area contributed by atoms with Gasteiger partial charge in [-0.1, -0.05) is 30.3 Å². The summed E-state index contributed by atoms with van der Waals surface area (Å²) in [5, 5.41) is -0.0706. The lowest BCUT2D eigenvalue weighted by Crippen LogP contribution is -2.36. The van der Waals surface area contributed by atoms with Crippen molar-refractivity contribution in [2.45, 2.75) is 31.4 Å². The molecule has 0 radical (unpaired) electrons. The van der Waals surface area contributed by atoms with Crippen molar-refractivity contribution in [2.75, 3.05) is 6.54 Å². The van der Waals surface area contributed by atoms with E-state index in [9.17, 15) is 4.79 Å². The van der Waals surface area contributed by atoms with E-state index >= 15 is 0 Å². The van der Waals surface area contributed by atoms with Crippen molar-refractivity contribution in [3.63, 3.8) is 0 Å². The molecule has 2 rings (SSSR count). The van der Waals surface area contributed by atoms with Gasteiger partial charge in [0.25, 0.3) is 0 Å². The van der Waals surface area contributed by atoms with Crippen molar-refractivity contribution >= 4 is 17.7 Å². The van der Waals surface area contributed by atoms with E-state index in [2.05, 4.69) is 12.1 Å². The maximum absolute atomic E-state index is 12.5. The maximum atomic E-state index is 12.5. The highest BCUT2D eigenvalue weighted by atomic mass is 32.2. The van der Waals surface area contributed by atoms with Crippen LogP contribution >= 0.6 is 11.8 Å². The van der Waals surface area contributed by atoms with Gasteiger partial charge in [-0.2, -0.15) is 0 Å². The summed E-state index contributed by atoms with van der Waals surface area (Å²) in [6.07, 6.45) is 1.66. The summed E-state index contributed by atoms with van der Waals surface area (Å²) in [7, 11) is 0. The summed E-state index contributed by atoms with van der Waals surface area (Å²) in [6, 6.07) is 13.9. The number of nitrogens with zero attached hydrogens (tertiary/aromatic N) is 1. The molecule has 0 aliphatic rings. The Hall–Kier alpha value is -1.68. The monoisotopic (exact) mass is 303 g/mol. The third kappa shape index (κ3) is 4.67. The van der Waals surface area contributed by atoms with Crippen LogP contribution in [0.3, 0.4) is 0 Å². The van der Waals surface area contributed by atoms with E-state index in [-0.39, 0.29) is 11.2 Å². The molecule has 0 fully saturated rings. The van der Waals surface area contributed by atoms with E-state index in [1.54, 1.807) is 18.0 Å². The van der Waals surface area contributed by atoms with Gasteiger partial charge in [0.05, 0.1) is 17.3 Å². The molecule has 1 aromatic carbocycles. The summed E-state index contributed by atoms with van der Waals surface area (Å²) in [4.78, 5) is 14.4. The van der Waals surface area contributed by atoms with E-state index in [4.69, 9.17) is 4.42 Å². The Labute approximate surface area is 130 Å². The standard InChI is InChI=1S/C17H21NO2S/c1-3-18(12-15-8-5-4-6-9-15)17(19)14(2)21-13-16-10-7-11-20-16/h4-11,14H,3,12-13H2,1-2H3. The fourth-order valence-corrected chi connectivity index (χ4v) is 2.95. The third-order valence-corrected chi connectivity index (χ3v) is 4.47. The lowest BCUT2D eigenvalue weighted by molar-refractivity contribution is -0.130. The number of carbonyl (C=O) groups is 1. The van der Waals surface area contributed by atoms with Gasteiger partial charge in [-0.05, 0) is 31.5 Å². The second kappa shape index (κ2) is 7.93. The maximum Gasteiger partial charge on any atom is 0.235 e. The number of amides is 1. The molecular formula is C17H21NO2S. The van der Waals surface area contributed by atoms with Gasteiger partial charge in [0, 0.05) is 13.1 Å². The first-order chi connectivity index (χ1) is 10.2. The first-order valence-corrected chi connectivity index (χ1v) is 8.22. The minimum Gasteiger partial charge on any atom is -0.468 e. The third-order valence-electron chi connectivity index (χ3n) is 3.31. The highest BCUT2D eigenvalue weighted by Crippen LogP contribution is 2.20. The second-order valence-corrected chi connectivity index (χ2v) is 6.20. The van der Waals surface area contributed by atoms with Crippen LogP contribution in [0.5, 0.6) is 0 Å². The Morgan fingerprint density at radius 2 is 2.00 bits per heavy atom. The molecule has 21 heavy (non-hydrogen) atoms. The highest BCUT2D eigenvalue weighted by molar-refractivity contribution is 7.99. The molecular weight excluding hydrogens is 282 g/mol. The average Bonchev–Trinajstić information content (AvgIpc) is 3.04. The fourth-order valence-electron chi connectivity index (χ4n) is 2.08. The van der Waals surface area contributed by atoms with Crippen LogP contribution in [0.2, 0.25) is 0 Å². The van der Waals surface area contributed by atoms with Crippen molar-refractivity contribution in [1.82, 2.24) is 4.90 Å². The molecule has 0 saturated carbocycles. The zero-order valence-corrected chi connectivity index (χ0v) is 13.3. The van der Waals surface area contributed by atoms with Gasteiger partial charge >= 0.3 is 0 Å². The second-order valence-electron chi connectivity index (χ2n) is 4.87. The Kier molecular flexibility index (Phi) is 5.93. The smallest absolute Gasteiger partial charge is 0.235 e. The van der Waals surface area contributed by atoms with E-state index in [1.165, 1.54) is 0 Å². The van der Waals surface area contributed by atoms with Gasteiger partial charge in [-0.15, -0.1) is 11.8 Å². The Morgan fingerprint density at radius 3 is 2.62 bits per heavy atom. The SMILES string of the molecule is CCN(Cc1ccccc1)C(=O)C(C)SCc1ccco1. The normalized spacial score (nSPS) is 12.1. The molecule has 0 bridgehead atoms. The van der Waals surface area contributed by atoms with Gasteiger partial charge in [-0.3, -0.25) is 4.79 Å². The number of thioether (sulfide) groups is 1. The topological polar surface area (TPSA) is 33.5 Å². The predicted octanol–water partition coefficient (Wildman–Crippen LogP) is 3.95. The van der Waals surface area contributed by atoms with E-state index < -0.39 is 0 Å². The number of furan rings is 1. The number of rotatable bonds is 7. The van der Waals surface area contributed by atoms with Gasteiger partial charge in [0.2, 0.25) is 5.91 Å². The summed E-state index contributed by atoms with van der Waals surface area (Å²) in [5.74, 6) is 1.81. The Morgan fingerprint density at radius 1 is 1.24 bits per heavy atom. The van der Waals surface area contributed by atoms with E-state index in [0.29, 0.717) is 6.54 Å². The van der Waals surface area contributed by atoms with E-state index in [1.807, 2.05) is 49.1 Å². The molecule has 0 spiro atoms. The number of hydrogen-bond donors (Lipinski definition) is 0.